The number of thioether (sulfide) groups is 1. The van der Waals surface area contributed by atoms with Gasteiger partial charge in [-0.15, -0.1) is 0 Å². The van der Waals surface area contributed by atoms with Crippen molar-refractivity contribution in [3.63, 3.8) is 0 Å². The third-order valence-corrected chi connectivity index (χ3v) is 4.64. The summed E-state index contributed by atoms with van der Waals surface area (Å²) in [7, 11) is 0. The minimum absolute atomic E-state index is 0.193. The molecule has 0 radical (unpaired) electrons. The van der Waals surface area contributed by atoms with Gasteiger partial charge in [0.05, 0.1) is 0 Å². The maximum absolute atomic E-state index is 11.5. The number of hydrogen-bond acceptors (Lipinski definition) is 3. The molecule has 0 bridgehead atoms. The van der Waals surface area contributed by atoms with E-state index in [1.165, 1.54) is 12.8 Å². The van der Waals surface area contributed by atoms with Gasteiger partial charge in [-0.25, -0.2) is 0 Å². The fourth-order valence-electron chi connectivity index (χ4n) is 2.53. The summed E-state index contributed by atoms with van der Waals surface area (Å²) < 4.78 is 0. The van der Waals surface area contributed by atoms with Crippen LogP contribution in [0.4, 0.5) is 0 Å². The molecule has 4 heteroatoms. The van der Waals surface area contributed by atoms with Crippen molar-refractivity contribution in [1.82, 2.24) is 4.90 Å². The molecular formula is C11H17NO2S. The van der Waals surface area contributed by atoms with Crippen molar-refractivity contribution >= 4 is 23.5 Å². The molecule has 0 aromatic carbocycles. The molecule has 0 N–H and O–H groups in total. The Morgan fingerprint density at radius 1 is 1.20 bits per heavy atom. The maximum Gasteiger partial charge on any atom is 0.290 e. The molecule has 1 heterocycles. The number of amides is 1. The second-order valence-corrected chi connectivity index (χ2v) is 5.48. The SMILES string of the molecule is CSC1CCC(N2CCC(=O)C2=O)CC1. The van der Waals surface area contributed by atoms with E-state index in [-0.39, 0.29) is 11.7 Å². The van der Waals surface area contributed by atoms with E-state index in [4.69, 9.17) is 0 Å². The van der Waals surface area contributed by atoms with Crippen molar-refractivity contribution < 1.29 is 9.59 Å². The Morgan fingerprint density at radius 2 is 1.87 bits per heavy atom. The maximum atomic E-state index is 11.5. The van der Waals surface area contributed by atoms with Crippen LogP contribution in [0.1, 0.15) is 32.1 Å². The van der Waals surface area contributed by atoms with E-state index in [1.54, 1.807) is 4.90 Å². The van der Waals surface area contributed by atoms with E-state index < -0.39 is 0 Å². The number of rotatable bonds is 2. The van der Waals surface area contributed by atoms with Crippen molar-refractivity contribution in [1.29, 1.82) is 0 Å². The van der Waals surface area contributed by atoms with Gasteiger partial charge >= 0.3 is 0 Å². The largest absolute Gasteiger partial charge is 0.333 e. The molecule has 1 amide bonds. The summed E-state index contributed by atoms with van der Waals surface area (Å²) in [6.07, 6.45) is 7.10. The number of carbonyl (C=O) groups excluding carboxylic acids is 2. The fraction of sp³-hybridized carbons (Fsp3) is 0.818. The minimum atomic E-state index is -0.234. The van der Waals surface area contributed by atoms with Gasteiger partial charge in [0.15, 0.2) is 0 Å². The second-order valence-electron chi connectivity index (χ2n) is 4.34. The first-order valence-corrected chi connectivity index (χ1v) is 6.87. The Kier molecular flexibility index (Phi) is 3.34. The van der Waals surface area contributed by atoms with Gasteiger partial charge in [0.2, 0.25) is 5.78 Å². The lowest BCUT2D eigenvalue weighted by Crippen LogP contribution is -2.40. The van der Waals surface area contributed by atoms with Gasteiger partial charge in [0, 0.05) is 24.3 Å². The molecule has 0 aromatic rings. The molecule has 84 valence electrons. The Balaban J connectivity index is 1.91. The zero-order valence-electron chi connectivity index (χ0n) is 9.07. The van der Waals surface area contributed by atoms with Crippen LogP contribution in [0.5, 0.6) is 0 Å². The highest BCUT2D eigenvalue weighted by Crippen LogP contribution is 2.30. The Bertz CT molecular complexity index is 272. The van der Waals surface area contributed by atoms with Crippen molar-refractivity contribution in [3.05, 3.63) is 0 Å². The molecule has 1 saturated heterocycles. The number of hydrogen-bond donors (Lipinski definition) is 0. The minimum Gasteiger partial charge on any atom is -0.333 e. The van der Waals surface area contributed by atoms with Gasteiger partial charge in [0.1, 0.15) is 0 Å². The lowest BCUT2D eigenvalue weighted by molar-refractivity contribution is -0.141. The number of likely N-dealkylation sites (tertiary alicyclic amines) is 1. The van der Waals surface area contributed by atoms with E-state index >= 15 is 0 Å². The summed E-state index contributed by atoms with van der Waals surface area (Å²) in [6.45, 7) is 0.659. The van der Waals surface area contributed by atoms with Crippen LogP contribution in [-0.2, 0) is 9.59 Å². The van der Waals surface area contributed by atoms with Crippen LogP contribution in [0, 0.1) is 0 Å². The first kappa shape index (κ1) is 11.0. The predicted molar refractivity (Wildman–Crippen MR) is 60.9 cm³/mol. The van der Waals surface area contributed by atoms with E-state index in [0.29, 0.717) is 19.0 Å². The van der Waals surface area contributed by atoms with Crippen LogP contribution >= 0.6 is 11.8 Å². The molecule has 2 aliphatic rings. The summed E-state index contributed by atoms with van der Waals surface area (Å²) in [5, 5.41) is 0.759. The summed E-state index contributed by atoms with van der Waals surface area (Å²) >= 11 is 1.92. The molecule has 15 heavy (non-hydrogen) atoms. The molecule has 0 aromatic heterocycles. The monoisotopic (exact) mass is 227 g/mol. The summed E-state index contributed by atoms with van der Waals surface area (Å²) in [4.78, 5) is 24.5. The number of ketones is 1. The van der Waals surface area contributed by atoms with Gasteiger partial charge < -0.3 is 4.90 Å². The predicted octanol–water partition coefficient (Wildman–Crippen LogP) is 1.46. The Labute approximate surface area is 94.6 Å². The molecule has 2 fully saturated rings. The Morgan fingerprint density at radius 3 is 2.33 bits per heavy atom. The first-order valence-electron chi connectivity index (χ1n) is 5.59. The average Bonchev–Trinajstić information content (AvgIpc) is 2.60. The third kappa shape index (κ3) is 2.19. The smallest absolute Gasteiger partial charge is 0.290 e. The normalized spacial score (nSPS) is 32.5. The van der Waals surface area contributed by atoms with Crippen LogP contribution in [0.15, 0.2) is 0 Å². The average molecular weight is 227 g/mol. The number of Topliss-reactive ketones (excluding diaryl/α,β-unsaturated/α-hetero) is 1. The van der Waals surface area contributed by atoms with E-state index in [2.05, 4.69) is 6.26 Å². The standard InChI is InChI=1S/C11H17NO2S/c1-15-9-4-2-8(3-5-9)12-7-6-10(13)11(12)14/h8-9H,2-7H2,1H3. The lowest BCUT2D eigenvalue weighted by atomic mass is 9.94. The van der Waals surface area contributed by atoms with Crippen molar-refractivity contribution in [2.45, 2.75) is 43.4 Å². The van der Waals surface area contributed by atoms with Gasteiger partial charge in [0.25, 0.3) is 5.91 Å². The molecular weight excluding hydrogens is 210 g/mol. The van der Waals surface area contributed by atoms with Crippen molar-refractivity contribution in [2.75, 3.05) is 12.8 Å². The lowest BCUT2D eigenvalue weighted by Gasteiger charge is -2.33. The van der Waals surface area contributed by atoms with Gasteiger partial charge in [-0.1, -0.05) is 0 Å². The first-order chi connectivity index (χ1) is 7.22. The fourth-order valence-corrected chi connectivity index (χ4v) is 3.28. The molecule has 1 aliphatic carbocycles. The van der Waals surface area contributed by atoms with Gasteiger partial charge in [-0.2, -0.15) is 11.8 Å². The molecule has 0 spiro atoms. The van der Waals surface area contributed by atoms with E-state index in [1.807, 2.05) is 11.8 Å². The van der Waals surface area contributed by atoms with E-state index in [9.17, 15) is 9.59 Å². The van der Waals surface area contributed by atoms with Gasteiger partial charge in [-0.3, -0.25) is 9.59 Å². The van der Waals surface area contributed by atoms with Gasteiger partial charge in [-0.05, 0) is 31.9 Å². The molecule has 0 atom stereocenters. The molecule has 1 aliphatic heterocycles. The highest BCUT2D eigenvalue weighted by atomic mass is 32.2. The highest BCUT2D eigenvalue weighted by Gasteiger charge is 2.35. The second kappa shape index (κ2) is 4.56. The van der Waals surface area contributed by atoms with Crippen LogP contribution in [0.2, 0.25) is 0 Å². The topological polar surface area (TPSA) is 37.4 Å². The molecule has 2 rings (SSSR count). The zero-order chi connectivity index (χ0) is 10.8. The van der Waals surface area contributed by atoms with Crippen LogP contribution in [-0.4, -0.2) is 40.7 Å². The third-order valence-electron chi connectivity index (χ3n) is 3.50. The van der Waals surface area contributed by atoms with Crippen LogP contribution in [0.3, 0.4) is 0 Å². The quantitative estimate of drug-likeness (QED) is 0.670. The molecule has 0 unspecified atom stereocenters. The zero-order valence-corrected chi connectivity index (χ0v) is 9.89. The summed E-state index contributed by atoms with van der Waals surface area (Å²) in [6, 6.07) is 0.340. The van der Waals surface area contributed by atoms with Crippen LogP contribution in [0.25, 0.3) is 0 Å². The molecule has 1 saturated carbocycles. The number of carbonyl (C=O) groups is 2. The van der Waals surface area contributed by atoms with Crippen molar-refractivity contribution in [3.8, 4) is 0 Å². The van der Waals surface area contributed by atoms with Crippen LogP contribution < -0.4 is 0 Å². The van der Waals surface area contributed by atoms with E-state index in [0.717, 1.165) is 18.1 Å². The summed E-state index contributed by atoms with van der Waals surface area (Å²) in [5.41, 5.74) is 0. The highest BCUT2D eigenvalue weighted by molar-refractivity contribution is 7.99. The molecule has 3 nitrogen and oxygen atoms in total. The number of nitrogens with zero attached hydrogens (tertiary/aromatic N) is 1. The van der Waals surface area contributed by atoms with Crippen molar-refractivity contribution in [2.24, 2.45) is 0 Å². The Hall–Kier alpha value is -0.510. The summed E-state index contributed by atoms with van der Waals surface area (Å²) in [5.74, 6) is -0.426.